The molecule has 3 rings (SSSR count). The van der Waals surface area contributed by atoms with E-state index < -0.39 is 0 Å². The van der Waals surface area contributed by atoms with Gasteiger partial charge >= 0.3 is 0 Å². The highest BCUT2D eigenvalue weighted by molar-refractivity contribution is 7.80. The van der Waals surface area contributed by atoms with E-state index in [2.05, 4.69) is 22.7 Å². The third-order valence-electron chi connectivity index (χ3n) is 3.86. The molecule has 1 aromatic heterocycles. The molecule has 134 valence electrons. The first-order valence-corrected chi connectivity index (χ1v) is 8.97. The third-order valence-corrected chi connectivity index (χ3v) is 4.34. The SMILES string of the molecule is CCc1ccc(NC(=S)Nc2nn(Cc3ccccc3F)cc2Cl)cc1. The van der Waals surface area contributed by atoms with Crippen LogP contribution in [-0.2, 0) is 13.0 Å². The largest absolute Gasteiger partial charge is 0.332 e. The zero-order valence-corrected chi connectivity index (χ0v) is 15.7. The normalized spacial score (nSPS) is 10.6. The Labute approximate surface area is 162 Å². The van der Waals surface area contributed by atoms with Gasteiger partial charge in [0, 0.05) is 17.4 Å². The van der Waals surface area contributed by atoms with Crippen LogP contribution in [0.1, 0.15) is 18.1 Å². The number of aromatic nitrogens is 2. The molecule has 0 amide bonds. The minimum atomic E-state index is -0.277. The molecule has 2 N–H and O–H groups in total. The second kappa shape index (κ2) is 8.29. The van der Waals surface area contributed by atoms with Gasteiger partial charge < -0.3 is 10.6 Å². The fourth-order valence-electron chi connectivity index (χ4n) is 2.46. The monoisotopic (exact) mass is 388 g/mol. The number of halogens is 2. The summed E-state index contributed by atoms with van der Waals surface area (Å²) in [7, 11) is 0. The van der Waals surface area contributed by atoms with E-state index in [0.717, 1.165) is 12.1 Å². The van der Waals surface area contributed by atoms with Gasteiger partial charge in [0.2, 0.25) is 0 Å². The van der Waals surface area contributed by atoms with E-state index in [1.807, 2.05) is 24.3 Å². The Hall–Kier alpha value is -2.44. The summed E-state index contributed by atoms with van der Waals surface area (Å²) in [5.74, 6) is 0.145. The van der Waals surface area contributed by atoms with Crippen molar-refractivity contribution in [1.82, 2.24) is 9.78 Å². The van der Waals surface area contributed by atoms with Gasteiger partial charge in [-0.25, -0.2) is 4.39 Å². The molecule has 0 radical (unpaired) electrons. The first-order valence-electron chi connectivity index (χ1n) is 8.18. The summed E-state index contributed by atoms with van der Waals surface area (Å²) >= 11 is 11.5. The molecule has 0 aliphatic rings. The predicted octanol–water partition coefficient (Wildman–Crippen LogP) is 5.10. The molecule has 1 heterocycles. The number of rotatable bonds is 5. The molecule has 0 fully saturated rings. The van der Waals surface area contributed by atoms with Crippen molar-refractivity contribution in [1.29, 1.82) is 0 Å². The Bertz CT molecular complexity index is 908. The molecular weight excluding hydrogens is 371 g/mol. The van der Waals surface area contributed by atoms with Crippen molar-refractivity contribution >= 4 is 40.4 Å². The first kappa shape index (κ1) is 18.4. The Kier molecular flexibility index (Phi) is 5.85. The maximum absolute atomic E-state index is 13.8. The van der Waals surface area contributed by atoms with Gasteiger partial charge in [0.25, 0.3) is 0 Å². The molecule has 0 saturated carbocycles. The molecular formula is C19H18ClFN4S. The highest BCUT2D eigenvalue weighted by Gasteiger charge is 2.10. The zero-order valence-electron chi connectivity index (χ0n) is 14.2. The Morgan fingerprint density at radius 2 is 1.88 bits per heavy atom. The van der Waals surface area contributed by atoms with Gasteiger partial charge in [0.15, 0.2) is 10.9 Å². The standard InChI is InChI=1S/C19H18ClFN4S/c1-2-13-7-9-15(10-8-13)22-19(26)23-18-16(20)12-25(24-18)11-14-5-3-4-6-17(14)21/h3-10,12H,2,11H2,1H3,(H2,22,23,24,26). The van der Waals surface area contributed by atoms with Crippen molar-refractivity contribution in [3.8, 4) is 0 Å². The molecule has 2 aromatic carbocycles. The molecule has 7 heteroatoms. The quantitative estimate of drug-likeness (QED) is 0.597. The number of hydrogen-bond acceptors (Lipinski definition) is 2. The van der Waals surface area contributed by atoms with Gasteiger partial charge in [-0.1, -0.05) is 48.9 Å². The van der Waals surface area contributed by atoms with E-state index >= 15 is 0 Å². The Balaban J connectivity index is 1.65. The van der Waals surface area contributed by atoms with Crippen LogP contribution in [0.25, 0.3) is 0 Å². The van der Waals surface area contributed by atoms with Crippen LogP contribution in [0.2, 0.25) is 5.02 Å². The van der Waals surface area contributed by atoms with Crippen LogP contribution in [0.4, 0.5) is 15.9 Å². The predicted molar refractivity (Wildman–Crippen MR) is 108 cm³/mol. The molecule has 0 bridgehead atoms. The van der Waals surface area contributed by atoms with Crippen molar-refractivity contribution in [2.45, 2.75) is 19.9 Å². The lowest BCUT2D eigenvalue weighted by molar-refractivity contribution is 0.586. The molecule has 0 spiro atoms. The van der Waals surface area contributed by atoms with E-state index in [1.165, 1.54) is 11.6 Å². The molecule has 0 unspecified atom stereocenters. The molecule has 0 atom stereocenters. The maximum Gasteiger partial charge on any atom is 0.176 e. The van der Waals surface area contributed by atoms with Crippen molar-refractivity contribution in [3.63, 3.8) is 0 Å². The van der Waals surface area contributed by atoms with Crippen molar-refractivity contribution in [2.24, 2.45) is 0 Å². The summed E-state index contributed by atoms with van der Waals surface area (Å²) in [6.07, 6.45) is 2.62. The fourth-order valence-corrected chi connectivity index (χ4v) is 2.87. The fraction of sp³-hybridized carbons (Fsp3) is 0.158. The highest BCUT2D eigenvalue weighted by Crippen LogP contribution is 2.21. The first-order chi connectivity index (χ1) is 12.5. The Morgan fingerprint density at radius 1 is 1.15 bits per heavy atom. The second-order valence-corrected chi connectivity index (χ2v) is 6.56. The number of aryl methyl sites for hydroxylation is 1. The summed E-state index contributed by atoms with van der Waals surface area (Å²) in [6, 6.07) is 14.6. The number of benzene rings is 2. The van der Waals surface area contributed by atoms with Gasteiger partial charge in [-0.3, -0.25) is 4.68 Å². The Morgan fingerprint density at radius 3 is 2.58 bits per heavy atom. The number of nitrogens with zero attached hydrogens (tertiary/aromatic N) is 2. The molecule has 3 aromatic rings. The summed E-state index contributed by atoms with van der Waals surface area (Å²) in [4.78, 5) is 0. The van der Waals surface area contributed by atoms with Gasteiger partial charge in [0.05, 0.1) is 6.54 Å². The summed E-state index contributed by atoms with van der Waals surface area (Å²) in [6.45, 7) is 2.39. The maximum atomic E-state index is 13.8. The number of anilines is 2. The minimum absolute atomic E-state index is 0.277. The van der Waals surface area contributed by atoms with Gasteiger partial charge in [-0.2, -0.15) is 5.10 Å². The van der Waals surface area contributed by atoms with Crippen molar-refractivity contribution in [2.75, 3.05) is 10.6 Å². The average molecular weight is 389 g/mol. The lowest BCUT2D eigenvalue weighted by Gasteiger charge is -2.09. The van der Waals surface area contributed by atoms with Crippen LogP contribution < -0.4 is 10.6 Å². The second-order valence-electron chi connectivity index (χ2n) is 5.74. The van der Waals surface area contributed by atoms with E-state index in [-0.39, 0.29) is 12.4 Å². The number of thiocarbonyl (C=S) groups is 1. The van der Waals surface area contributed by atoms with Crippen LogP contribution in [0, 0.1) is 5.82 Å². The minimum Gasteiger partial charge on any atom is -0.332 e. The molecule has 26 heavy (non-hydrogen) atoms. The van der Waals surface area contributed by atoms with Crippen LogP contribution in [0.3, 0.4) is 0 Å². The molecule has 0 aliphatic carbocycles. The average Bonchev–Trinajstić information content (AvgIpc) is 2.96. The van der Waals surface area contributed by atoms with Crippen LogP contribution in [-0.4, -0.2) is 14.9 Å². The number of nitrogens with one attached hydrogen (secondary N) is 2. The highest BCUT2D eigenvalue weighted by atomic mass is 35.5. The van der Waals surface area contributed by atoms with Gasteiger partial charge in [-0.05, 0) is 42.4 Å². The molecule has 0 aliphatic heterocycles. The third kappa shape index (κ3) is 4.59. The van der Waals surface area contributed by atoms with Gasteiger partial charge in [0.1, 0.15) is 10.8 Å². The smallest absolute Gasteiger partial charge is 0.176 e. The summed E-state index contributed by atoms with van der Waals surface area (Å²) in [5.41, 5.74) is 2.67. The van der Waals surface area contributed by atoms with E-state index in [1.54, 1.807) is 29.1 Å². The van der Waals surface area contributed by atoms with Crippen LogP contribution in [0.5, 0.6) is 0 Å². The molecule has 0 saturated heterocycles. The van der Waals surface area contributed by atoms with E-state index in [9.17, 15) is 4.39 Å². The lowest BCUT2D eigenvalue weighted by Crippen LogP contribution is -2.19. The lowest BCUT2D eigenvalue weighted by atomic mass is 10.1. The van der Waals surface area contributed by atoms with E-state index in [0.29, 0.717) is 21.5 Å². The summed E-state index contributed by atoms with van der Waals surface area (Å²) in [5, 5.41) is 11.2. The topological polar surface area (TPSA) is 41.9 Å². The van der Waals surface area contributed by atoms with E-state index in [4.69, 9.17) is 23.8 Å². The van der Waals surface area contributed by atoms with Crippen molar-refractivity contribution < 1.29 is 4.39 Å². The summed E-state index contributed by atoms with van der Waals surface area (Å²) < 4.78 is 15.3. The van der Waals surface area contributed by atoms with Crippen molar-refractivity contribution in [3.05, 3.63) is 76.7 Å². The van der Waals surface area contributed by atoms with Gasteiger partial charge in [-0.15, -0.1) is 0 Å². The van der Waals surface area contributed by atoms with Crippen LogP contribution in [0.15, 0.2) is 54.7 Å². The number of hydrogen-bond donors (Lipinski definition) is 2. The molecule has 4 nitrogen and oxygen atoms in total. The zero-order chi connectivity index (χ0) is 18.5. The van der Waals surface area contributed by atoms with Crippen LogP contribution >= 0.6 is 23.8 Å².